The van der Waals surface area contributed by atoms with Crippen LogP contribution in [0.5, 0.6) is 0 Å². The van der Waals surface area contributed by atoms with Crippen LogP contribution in [0.4, 0.5) is 0 Å². The van der Waals surface area contributed by atoms with Crippen LogP contribution in [0.3, 0.4) is 0 Å². The Hall–Kier alpha value is -1.50. The van der Waals surface area contributed by atoms with Gasteiger partial charge in [-0.15, -0.1) is 5.73 Å². The highest BCUT2D eigenvalue weighted by Crippen LogP contribution is 1.98. The van der Waals surface area contributed by atoms with Crippen LogP contribution in [0.15, 0.2) is 54.5 Å². The maximum absolute atomic E-state index is 4.97. The minimum absolute atomic E-state index is 0.698. The van der Waals surface area contributed by atoms with Gasteiger partial charge in [0.1, 0.15) is 0 Å². The lowest BCUT2D eigenvalue weighted by atomic mass is 10.2. The summed E-state index contributed by atoms with van der Waals surface area (Å²) in [6, 6.07) is 0. The maximum Gasteiger partial charge on any atom is 0.0516 e. The van der Waals surface area contributed by atoms with E-state index in [0.29, 0.717) is 6.61 Å². The molecule has 0 atom stereocenters. The van der Waals surface area contributed by atoms with Gasteiger partial charge in [0, 0.05) is 25.8 Å². The molecule has 2 heteroatoms. The van der Waals surface area contributed by atoms with Crippen molar-refractivity contribution in [2.45, 2.75) is 13.3 Å². The third-order valence-corrected chi connectivity index (χ3v) is 2.00. The second-order valence-electron chi connectivity index (χ2n) is 3.28. The molecule has 0 fully saturated rings. The Morgan fingerprint density at radius 1 is 1.50 bits per heavy atom. The van der Waals surface area contributed by atoms with E-state index in [9.17, 15) is 0 Å². The molecule has 0 rings (SSSR count). The Balaban J connectivity index is 4.02. The van der Waals surface area contributed by atoms with Crippen LogP contribution >= 0.6 is 0 Å². The SMILES string of the molecule is C=CC=C=C/C(=C\C)CNC(=C)CCOC. The van der Waals surface area contributed by atoms with Gasteiger partial charge in [-0.3, -0.25) is 0 Å². The molecule has 1 N–H and O–H groups in total. The van der Waals surface area contributed by atoms with Crippen molar-refractivity contribution in [2.75, 3.05) is 20.3 Å². The minimum atomic E-state index is 0.698. The molecule has 0 radical (unpaired) electrons. The molecule has 0 aliphatic rings. The molecule has 0 aromatic heterocycles. The first-order chi connectivity index (χ1) is 7.74. The summed E-state index contributed by atoms with van der Waals surface area (Å²) >= 11 is 0. The first kappa shape index (κ1) is 14.5. The van der Waals surface area contributed by atoms with Crippen molar-refractivity contribution in [1.82, 2.24) is 5.32 Å². The van der Waals surface area contributed by atoms with Crippen molar-refractivity contribution in [1.29, 1.82) is 0 Å². The van der Waals surface area contributed by atoms with Crippen molar-refractivity contribution in [2.24, 2.45) is 0 Å². The minimum Gasteiger partial charge on any atom is -0.385 e. The molecule has 0 aliphatic carbocycles. The van der Waals surface area contributed by atoms with E-state index in [4.69, 9.17) is 4.74 Å². The Bertz CT molecular complexity index is 307. The molecule has 0 unspecified atom stereocenters. The third kappa shape index (κ3) is 7.86. The molecule has 0 aromatic rings. The van der Waals surface area contributed by atoms with Crippen LogP contribution in [0, 0.1) is 0 Å². The summed E-state index contributed by atoms with van der Waals surface area (Å²) < 4.78 is 4.97. The number of ether oxygens (including phenoxy) is 1. The third-order valence-electron chi connectivity index (χ3n) is 2.00. The maximum atomic E-state index is 4.97. The standard InChI is InChI=1S/C14H21NO/c1-5-7-8-9-14(6-2)12-15-13(3)10-11-16-4/h5-7,9,15H,1,3,10-12H2,2,4H3/b14-6+. The second-order valence-corrected chi connectivity index (χ2v) is 3.28. The summed E-state index contributed by atoms with van der Waals surface area (Å²) in [6.45, 7) is 11.0. The number of rotatable bonds is 8. The molecule has 16 heavy (non-hydrogen) atoms. The lowest BCUT2D eigenvalue weighted by molar-refractivity contribution is 0.201. The average molecular weight is 219 g/mol. The van der Waals surface area contributed by atoms with Gasteiger partial charge in [-0.05, 0) is 24.6 Å². The first-order valence-electron chi connectivity index (χ1n) is 5.33. The molecule has 0 spiro atoms. The van der Waals surface area contributed by atoms with E-state index in [1.807, 2.05) is 19.1 Å². The molecule has 0 heterocycles. The zero-order chi connectivity index (χ0) is 12.2. The molecule has 88 valence electrons. The van der Waals surface area contributed by atoms with Gasteiger partial charge in [0.05, 0.1) is 6.61 Å². The predicted octanol–water partition coefficient (Wildman–Crippen LogP) is 2.97. The number of nitrogens with one attached hydrogen (secondary N) is 1. The summed E-state index contributed by atoms with van der Waals surface area (Å²) in [5.41, 5.74) is 5.17. The monoisotopic (exact) mass is 219 g/mol. The fourth-order valence-electron chi connectivity index (χ4n) is 1.00. The van der Waals surface area contributed by atoms with Crippen LogP contribution in [0.1, 0.15) is 13.3 Å². The lowest BCUT2D eigenvalue weighted by Gasteiger charge is -2.08. The average Bonchev–Trinajstić information content (AvgIpc) is 2.31. The zero-order valence-electron chi connectivity index (χ0n) is 10.3. The van der Waals surface area contributed by atoms with Gasteiger partial charge in [0.25, 0.3) is 0 Å². The summed E-state index contributed by atoms with van der Waals surface area (Å²) in [5.74, 6) is 0. The number of allylic oxidation sites excluding steroid dienone is 2. The molecule has 0 amide bonds. The summed E-state index contributed by atoms with van der Waals surface area (Å²) in [7, 11) is 1.69. The number of methoxy groups -OCH3 is 1. The van der Waals surface area contributed by atoms with Gasteiger partial charge in [-0.25, -0.2) is 0 Å². The van der Waals surface area contributed by atoms with Crippen LogP contribution in [0.2, 0.25) is 0 Å². The van der Waals surface area contributed by atoms with E-state index in [0.717, 1.165) is 24.2 Å². The van der Waals surface area contributed by atoms with Gasteiger partial charge in [-0.2, -0.15) is 0 Å². The number of hydrogen-bond donors (Lipinski definition) is 1. The van der Waals surface area contributed by atoms with Gasteiger partial charge in [0.2, 0.25) is 0 Å². The van der Waals surface area contributed by atoms with Crippen LogP contribution < -0.4 is 5.32 Å². The Morgan fingerprint density at radius 3 is 2.81 bits per heavy atom. The molecule has 0 saturated heterocycles. The van der Waals surface area contributed by atoms with E-state index >= 15 is 0 Å². The Morgan fingerprint density at radius 2 is 2.25 bits per heavy atom. The van der Waals surface area contributed by atoms with Crippen molar-refractivity contribution in [3.8, 4) is 0 Å². The van der Waals surface area contributed by atoms with Crippen LogP contribution in [-0.2, 0) is 4.74 Å². The van der Waals surface area contributed by atoms with E-state index in [1.54, 1.807) is 19.3 Å². The normalized spacial score (nSPS) is 10.2. The molecular formula is C14H21NO. The topological polar surface area (TPSA) is 21.3 Å². The highest BCUT2D eigenvalue weighted by Gasteiger charge is 1.94. The molecule has 0 bridgehead atoms. The van der Waals surface area contributed by atoms with E-state index in [-0.39, 0.29) is 0 Å². The highest BCUT2D eigenvalue weighted by molar-refractivity contribution is 5.21. The first-order valence-corrected chi connectivity index (χ1v) is 5.33. The van der Waals surface area contributed by atoms with Gasteiger partial charge < -0.3 is 10.1 Å². The van der Waals surface area contributed by atoms with Crippen molar-refractivity contribution in [3.63, 3.8) is 0 Å². The molecular weight excluding hydrogens is 198 g/mol. The highest BCUT2D eigenvalue weighted by atomic mass is 16.5. The summed E-state index contributed by atoms with van der Waals surface area (Å²) in [6.07, 6.45) is 8.29. The van der Waals surface area contributed by atoms with Crippen molar-refractivity contribution < 1.29 is 4.74 Å². The zero-order valence-corrected chi connectivity index (χ0v) is 10.3. The van der Waals surface area contributed by atoms with E-state index in [2.05, 4.69) is 24.2 Å². The summed E-state index contributed by atoms with van der Waals surface area (Å²) in [5, 5.41) is 3.24. The molecule has 0 aromatic carbocycles. The lowest BCUT2D eigenvalue weighted by Crippen LogP contribution is -2.16. The van der Waals surface area contributed by atoms with Crippen molar-refractivity contribution >= 4 is 0 Å². The molecule has 0 saturated carbocycles. The van der Waals surface area contributed by atoms with Gasteiger partial charge >= 0.3 is 0 Å². The quantitative estimate of drug-likeness (QED) is 0.500. The fraction of sp³-hybridized carbons (Fsp3) is 0.357. The molecule has 0 aliphatic heterocycles. The molecule has 2 nitrogen and oxygen atoms in total. The number of hydrogen-bond acceptors (Lipinski definition) is 2. The van der Waals surface area contributed by atoms with Crippen LogP contribution in [0.25, 0.3) is 0 Å². The van der Waals surface area contributed by atoms with E-state index in [1.165, 1.54) is 0 Å². The van der Waals surface area contributed by atoms with Gasteiger partial charge in [0.15, 0.2) is 0 Å². The second kappa shape index (κ2) is 10.0. The predicted molar refractivity (Wildman–Crippen MR) is 70.2 cm³/mol. The van der Waals surface area contributed by atoms with E-state index < -0.39 is 0 Å². The van der Waals surface area contributed by atoms with Crippen molar-refractivity contribution in [3.05, 3.63) is 54.5 Å². The Kier molecular flexibility index (Phi) is 9.09. The largest absolute Gasteiger partial charge is 0.385 e. The van der Waals surface area contributed by atoms with Crippen LogP contribution in [-0.4, -0.2) is 20.3 Å². The smallest absolute Gasteiger partial charge is 0.0516 e. The Labute approximate surface area is 98.7 Å². The summed E-state index contributed by atoms with van der Waals surface area (Å²) in [4.78, 5) is 0. The fourth-order valence-corrected chi connectivity index (χ4v) is 1.00. The van der Waals surface area contributed by atoms with Gasteiger partial charge in [-0.1, -0.05) is 25.3 Å².